The molecule has 0 aliphatic carbocycles. The molecule has 3 aromatic rings. The summed E-state index contributed by atoms with van der Waals surface area (Å²) in [5.74, 6) is 0.185. The first-order valence-corrected chi connectivity index (χ1v) is 8.81. The first-order chi connectivity index (χ1) is 13.0. The van der Waals surface area contributed by atoms with Crippen molar-refractivity contribution in [3.8, 4) is 11.3 Å². The van der Waals surface area contributed by atoms with Crippen LogP contribution in [0.2, 0.25) is 0 Å². The maximum atomic E-state index is 13.1. The predicted octanol–water partition coefficient (Wildman–Crippen LogP) is 4.55. The van der Waals surface area contributed by atoms with Crippen molar-refractivity contribution < 1.29 is 9.18 Å². The molecule has 0 saturated carbocycles. The summed E-state index contributed by atoms with van der Waals surface area (Å²) in [6.07, 6.45) is 2.32. The van der Waals surface area contributed by atoms with E-state index in [0.29, 0.717) is 17.1 Å². The maximum absolute atomic E-state index is 13.1. The second kappa shape index (κ2) is 8.40. The summed E-state index contributed by atoms with van der Waals surface area (Å²) in [5, 5.41) is 6.13. The van der Waals surface area contributed by atoms with Crippen molar-refractivity contribution in [1.82, 2.24) is 15.3 Å². The Bertz CT molecular complexity index is 927. The fraction of sp³-hybridized carbons (Fsp3) is 0.190. The Balaban J connectivity index is 1.77. The molecule has 27 heavy (non-hydrogen) atoms. The van der Waals surface area contributed by atoms with E-state index in [1.54, 1.807) is 30.3 Å². The number of rotatable bonds is 6. The lowest BCUT2D eigenvalue weighted by molar-refractivity contribution is 0.0939. The third kappa shape index (κ3) is 4.88. The number of anilines is 2. The van der Waals surface area contributed by atoms with Crippen molar-refractivity contribution in [2.24, 2.45) is 0 Å². The molecule has 3 rings (SSSR count). The molecule has 0 saturated heterocycles. The molecule has 2 aromatic carbocycles. The van der Waals surface area contributed by atoms with Crippen LogP contribution in [0.1, 0.15) is 30.6 Å². The van der Waals surface area contributed by atoms with E-state index in [9.17, 15) is 9.18 Å². The number of aromatic nitrogens is 2. The van der Waals surface area contributed by atoms with Gasteiger partial charge in [0.2, 0.25) is 0 Å². The van der Waals surface area contributed by atoms with E-state index in [-0.39, 0.29) is 17.8 Å². The third-order valence-corrected chi connectivity index (χ3v) is 4.19. The van der Waals surface area contributed by atoms with Crippen molar-refractivity contribution in [3.63, 3.8) is 0 Å². The monoisotopic (exact) mass is 364 g/mol. The Kier molecular flexibility index (Phi) is 5.76. The molecule has 0 aliphatic rings. The van der Waals surface area contributed by atoms with Gasteiger partial charge < -0.3 is 10.6 Å². The summed E-state index contributed by atoms with van der Waals surface area (Å²) in [5.41, 5.74) is 2.80. The molecule has 0 radical (unpaired) electrons. The maximum Gasteiger partial charge on any atom is 0.251 e. The fourth-order valence-electron chi connectivity index (χ4n) is 2.50. The number of nitrogens with one attached hydrogen (secondary N) is 2. The van der Waals surface area contributed by atoms with Gasteiger partial charge in [-0.15, -0.1) is 0 Å². The molecule has 0 bridgehead atoms. The first-order valence-electron chi connectivity index (χ1n) is 8.81. The van der Waals surface area contributed by atoms with Gasteiger partial charge in [0.15, 0.2) is 0 Å². The van der Waals surface area contributed by atoms with Crippen LogP contribution in [0.15, 0.2) is 60.9 Å². The van der Waals surface area contributed by atoms with Crippen LogP contribution in [0.5, 0.6) is 0 Å². The number of carbonyl (C=O) groups excluding carboxylic acids is 1. The number of carbonyl (C=O) groups is 1. The Morgan fingerprint density at radius 1 is 1.11 bits per heavy atom. The number of nitrogens with zero attached hydrogens (tertiary/aromatic N) is 2. The minimum Gasteiger partial charge on any atom is -0.350 e. The van der Waals surface area contributed by atoms with Crippen LogP contribution in [0, 0.1) is 5.82 Å². The predicted molar refractivity (Wildman–Crippen MR) is 104 cm³/mol. The van der Waals surface area contributed by atoms with E-state index in [4.69, 9.17) is 0 Å². The molecule has 1 atom stereocenters. The van der Waals surface area contributed by atoms with Gasteiger partial charge >= 0.3 is 0 Å². The van der Waals surface area contributed by atoms with Gasteiger partial charge in [0.25, 0.3) is 5.91 Å². The molecule has 5 nitrogen and oxygen atoms in total. The zero-order chi connectivity index (χ0) is 19.2. The lowest BCUT2D eigenvalue weighted by Crippen LogP contribution is -2.31. The highest BCUT2D eigenvalue weighted by molar-refractivity contribution is 5.95. The average molecular weight is 364 g/mol. The van der Waals surface area contributed by atoms with Crippen LogP contribution >= 0.6 is 0 Å². The molecule has 0 spiro atoms. The zero-order valence-corrected chi connectivity index (χ0v) is 15.2. The van der Waals surface area contributed by atoms with Crippen LogP contribution < -0.4 is 10.6 Å². The van der Waals surface area contributed by atoms with E-state index < -0.39 is 0 Å². The zero-order valence-electron chi connectivity index (χ0n) is 15.2. The van der Waals surface area contributed by atoms with Gasteiger partial charge in [0, 0.05) is 28.9 Å². The highest BCUT2D eigenvalue weighted by Gasteiger charge is 2.09. The summed E-state index contributed by atoms with van der Waals surface area (Å²) in [6.45, 7) is 3.99. The Morgan fingerprint density at radius 2 is 1.89 bits per heavy atom. The minimum atomic E-state index is -0.293. The van der Waals surface area contributed by atoms with E-state index in [1.807, 2.05) is 26.0 Å². The molecule has 1 aromatic heterocycles. The Labute approximate surface area is 157 Å². The van der Waals surface area contributed by atoms with Gasteiger partial charge in [-0.3, -0.25) is 4.79 Å². The van der Waals surface area contributed by atoms with Crippen molar-refractivity contribution >= 4 is 17.4 Å². The second-order valence-electron chi connectivity index (χ2n) is 6.28. The molecular weight excluding hydrogens is 343 g/mol. The van der Waals surface area contributed by atoms with Crippen molar-refractivity contribution in [2.45, 2.75) is 26.3 Å². The van der Waals surface area contributed by atoms with Crippen molar-refractivity contribution in [1.29, 1.82) is 0 Å². The molecule has 1 amide bonds. The Hall–Kier alpha value is -3.28. The standard InChI is InChI=1S/C21H21FN4O/c1-3-14(2)25-21(27)16-5-4-6-18(11-16)26-20-12-19(23-13-24-20)15-7-9-17(22)10-8-15/h4-14H,3H2,1-2H3,(H,25,27)(H,23,24,26)/t14-/m1/s1. The SMILES string of the molecule is CC[C@@H](C)NC(=O)c1cccc(Nc2cc(-c3ccc(F)cc3)ncn2)c1. The molecule has 0 fully saturated rings. The van der Waals surface area contributed by atoms with Gasteiger partial charge in [0.1, 0.15) is 18.0 Å². The normalized spacial score (nSPS) is 11.7. The van der Waals surface area contributed by atoms with Crippen LogP contribution in [-0.2, 0) is 0 Å². The van der Waals surface area contributed by atoms with Crippen LogP contribution in [0.4, 0.5) is 15.9 Å². The van der Waals surface area contributed by atoms with Gasteiger partial charge in [-0.2, -0.15) is 0 Å². The van der Waals surface area contributed by atoms with E-state index in [1.165, 1.54) is 18.5 Å². The van der Waals surface area contributed by atoms with Crippen LogP contribution in [0.3, 0.4) is 0 Å². The lowest BCUT2D eigenvalue weighted by atomic mass is 10.1. The summed E-state index contributed by atoms with van der Waals surface area (Å²) in [6, 6.07) is 15.2. The van der Waals surface area contributed by atoms with Gasteiger partial charge in [-0.25, -0.2) is 14.4 Å². The number of hydrogen-bond acceptors (Lipinski definition) is 4. The summed E-state index contributed by atoms with van der Waals surface area (Å²) >= 11 is 0. The second-order valence-corrected chi connectivity index (χ2v) is 6.28. The van der Waals surface area contributed by atoms with Gasteiger partial charge in [-0.1, -0.05) is 13.0 Å². The third-order valence-electron chi connectivity index (χ3n) is 4.19. The highest BCUT2D eigenvalue weighted by Crippen LogP contribution is 2.22. The lowest BCUT2D eigenvalue weighted by Gasteiger charge is -2.12. The summed E-state index contributed by atoms with van der Waals surface area (Å²) in [4.78, 5) is 20.7. The molecule has 2 N–H and O–H groups in total. The molecule has 6 heteroatoms. The smallest absolute Gasteiger partial charge is 0.251 e. The number of amides is 1. The van der Waals surface area contributed by atoms with Crippen molar-refractivity contribution in [3.05, 3.63) is 72.3 Å². The van der Waals surface area contributed by atoms with Crippen molar-refractivity contribution in [2.75, 3.05) is 5.32 Å². The molecule has 1 heterocycles. The fourth-order valence-corrected chi connectivity index (χ4v) is 2.50. The van der Waals surface area contributed by atoms with E-state index >= 15 is 0 Å². The van der Waals surface area contributed by atoms with Gasteiger partial charge in [-0.05, 0) is 55.8 Å². The molecule has 0 unspecified atom stereocenters. The highest BCUT2D eigenvalue weighted by atomic mass is 19.1. The topological polar surface area (TPSA) is 66.9 Å². The largest absolute Gasteiger partial charge is 0.350 e. The quantitative estimate of drug-likeness (QED) is 0.673. The van der Waals surface area contributed by atoms with E-state index in [2.05, 4.69) is 20.6 Å². The van der Waals surface area contributed by atoms with Crippen LogP contribution in [0.25, 0.3) is 11.3 Å². The molecule has 138 valence electrons. The summed E-state index contributed by atoms with van der Waals surface area (Å²) < 4.78 is 13.1. The average Bonchev–Trinajstić information content (AvgIpc) is 2.69. The summed E-state index contributed by atoms with van der Waals surface area (Å²) in [7, 11) is 0. The van der Waals surface area contributed by atoms with E-state index in [0.717, 1.165) is 17.7 Å². The van der Waals surface area contributed by atoms with Gasteiger partial charge in [0.05, 0.1) is 5.69 Å². The number of hydrogen-bond donors (Lipinski definition) is 2. The minimum absolute atomic E-state index is 0.109. The molecule has 0 aliphatic heterocycles. The number of benzene rings is 2. The number of halogens is 1. The Morgan fingerprint density at radius 3 is 2.63 bits per heavy atom. The molecular formula is C21H21FN4O. The first kappa shape index (κ1) is 18.5. The van der Waals surface area contributed by atoms with Crippen LogP contribution in [-0.4, -0.2) is 21.9 Å².